The molecule has 2 aliphatic rings. The Morgan fingerprint density at radius 1 is 0.596 bits per heavy atom. The largest absolute Gasteiger partial charge is 0.501 e. The van der Waals surface area contributed by atoms with Crippen LogP contribution in [0.25, 0.3) is 16.9 Å². The summed E-state index contributed by atoms with van der Waals surface area (Å²) in [5, 5.41) is 0. The number of rotatable bonds is 8. The maximum Gasteiger partial charge on any atom is 0.120 e. The van der Waals surface area contributed by atoms with Gasteiger partial charge in [0.1, 0.15) is 5.65 Å². The fourth-order valence-electron chi connectivity index (χ4n) is 6.66. The van der Waals surface area contributed by atoms with Crippen molar-refractivity contribution in [2.45, 2.75) is 26.7 Å². The first-order valence-electron chi connectivity index (χ1n) is 17.4. The third-order valence-electron chi connectivity index (χ3n) is 9.35. The normalized spacial score (nSPS) is 13.0. The third-order valence-corrected chi connectivity index (χ3v) is 9.35. The van der Waals surface area contributed by atoms with Crippen LogP contribution in [-0.2, 0) is 16.8 Å². The van der Waals surface area contributed by atoms with Gasteiger partial charge in [-0.25, -0.2) is 4.98 Å². The van der Waals surface area contributed by atoms with Crippen LogP contribution in [0.4, 0.5) is 34.1 Å². The van der Waals surface area contributed by atoms with Crippen molar-refractivity contribution in [3.8, 4) is 11.3 Å². The van der Waals surface area contributed by atoms with E-state index in [2.05, 4.69) is 145 Å². The second-order valence-electron chi connectivity index (χ2n) is 12.6. The summed E-state index contributed by atoms with van der Waals surface area (Å²) in [6, 6.07) is 51.2. The van der Waals surface area contributed by atoms with Crippen LogP contribution in [0.2, 0.25) is 0 Å². The molecule has 0 unspecified atom stereocenters. The number of hydrogen-bond acceptors (Lipinski definition) is 6. The Bertz CT molecular complexity index is 2120. The molecule has 0 aliphatic carbocycles. The van der Waals surface area contributed by atoms with Gasteiger partial charge < -0.3 is 24.0 Å². The second kappa shape index (κ2) is 15.8. The van der Waals surface area contributed by atoms with Crippen LogP contribution in [0.3, 0.4) is 0 Å². The van der Waals surface area contributed by atoms with E-state index in [-0.39, 0.29) is 16.8 Å². The predicted molar refractivity (Wildman–Crippen MR) is 207 cm³/mol. The molecule has 0 atom stereocenters. The Hall–Kier alpha value is -5.57. The molecule has 52 heavy (non-hydrogen) atoms. The van der Waals surface area contributed by atoms with Crippen LogP contribution < -0.4 is 19.6 Å². The predicted octanol–water partition coefficient (Wildman–Crippen LogP) is 9.73. The molecule has 7 aromatic rings. The van der Waals surface area contributed by atoms with Crippen molar-refractivity contribution in [3.05, 3.63) is 177 Å². The van der Waals surface area contributed by atoms with Crippen LogP contribution in [0, 0.1) is 45.4 Å². The molecule has 0 bridgehead atoms. The molecule has 0 saturated heterocycles. The van der Waals surface area contributed by atoms with Crippen molar-refractivity contribution in [3.63, 3.8) is 0 Å². The van der Waals surface area contributed by atoms with E-state index in [4.69, 9.17) is 0 Å². The zero-order valence-corrected chi connectivity index (χ0v) is 30.2. The summed E-state index contributed by atoms with van der Waals surface area (Å²) in [5.41, 5.74) is 12.0. The maximum atomic E-state index is 4.57. The molecule has 0 fully saturated rings. The first-order chi connectivity index (χ1) is 25.2. The fourth-order valence-corrected chi connectivity index (χ4v) is 6.66. The van der Waals surface area contributed by atoms with E-state index in [1.165, 1.54) is 22.7 Å². The molecule has 8 heteroatoms. The Morgan fingerprint density at radius 2 is 1.10 bits per heavy atom. The van der Waals surface area contributed by atoms with Crippen molar-refractivity contribution in [1.29, 1.82) is 0 Å². The Kier molecular flexibility index (Phi) is 10.6. The molecule has 2 aliphatic heterocycles. The van der Waals surface area contributed by atoms with Crippen LogP contribution >= 0.6 is 0 Å². The summed E-state index contributed by atoms with van der Waals surface area (Å²) >= 11 is 0. The van der Waals surface area contributed by atoms with Gasteiger partial charge in [-0.15, -0.1) is 47.3 Å². The third kappa shape index (κ3) is 7.00. The van der Waals surface area contributed by atoms with E-state index in [1.54, 1.807) is 6.20 Å². The van der Waals surface area contributed by atoms with Gasteiger partial charge in [0.2, 0.25) is 0 Å². The maximum absolute atomic E-state index is 4.57. The van der Waals surface area contributed by atoms with Crippen molar-refractivity contribution >= 4 is 39.8 Å². The summed E-state index contributed by atoms with van der Waals surface area (Å²) in [6.07, 6.45) is 5.94. The number of unbranched alkanes of at least 4 members (excludes halogenated alkanes) is 1. The van der Waals surface area contributed by atoms with Crippen molar-refractivity contribution in [1.82, 2.24) is 14.4 Å². The monoisotopic (exact) mass is 723 g/mol. The molecule has 7 nitrogen and oxygen atoms in total. The van der Waals surface area contributed by atoms with Crippen LogP contribution in [0.15, 0.2) is 134 Å². The van der Waals surface area contributed by atoms with Gasteiger partial charge in [0.05, 0.1) is 5.69 Å². The minimum absolute atomic E-state index is 0. The quantitative estimate of drug-likeness (QED) is 0.115. The molecule has 0 amide bonds. The van der Waals surface area contributed by atoms with Crippen molar-refractivity contribution < 1.29 is 16.8 Å². The molecule has 2 aromatic heterocycles. The number of fused-ring (bicyclic) bond motifs is 3. The van der Waals surface area contributed by atoms with E-state index in [9.17, 15) is 0 Å². The molecule has 4 heterocycles. The van der Waals surface area contributed by atoms with Gasteiger partial charge in [-0.3, -0.25) is 4.98 Å². The average molecular weight is 724 g/mol. The summed E-state index contributed by atoms with van der Waals surface area (Å²) < 4.78 is 2.07. The smallest absolute Gasteiger partial charge is 0.120 e. The zero-order chi connectivity index (χ0) is 34.6. The van der Waals surface area contributed by atoms with Crippen LogP contribution in [0.1, 0.15) is 24.2 Å². The van der Waals surface area contributed by atoms with Crippen molar-refractivity contribution in [2.24, 2.45) is 0 Å². The summed E-state index contributed by atoms with van der Waals surface area (Å²) in [6.45, 7) is 10.5. The Labute approximate surface area is 317 Å². The molecular formula is C44H38CoN7-5. The molecule has 5 aromatic carbocycles. The van der Waals surface area contributed by atoms with Crippen LogP contribution in [-0.4, -0.2) is 27.5 Å². The Balaban J connectivity index is 0.000000196. The topological polar surface area (TPSA) is 43.2 Å². The van der Waals surface area contributed by atoms with Gasteiger partial charge in [-0.2, -0.15) is 74.0 Å². The summed E-state index contributed by atoms with van der Waals surface area (Å²) in [4.78, 5) is 18.2. The molecule has 0 N–H and O–H groups in total. The standard InChI is InChI=1S/C30H26N4.C14H12N3.Co/c1-3-13-25(14-4-1)33-23-31(27-17-7-9-19-29(27)33)21-11-12-22-32-24-34(26-15-5-2-6-16-26)30-20-10-8-18-28(30)32;1-10-11(2)17-9-8-15-13(14(17)16-10)12-6-4-3-5-7-12;/h1-10,13,15,17-20,23-24H,11-12,21-22H2;3-6,8-9H,1-2H3;/q-4;-1;. The number of nitrogens with zero attached hydrogens (tertiary/aromatic N) is 7. The van der Waals surface area contributed by atoms with Gasteiger partial charge in [0.25, 0.3) is 0 Å². The molecule has 0 spiro atoms. The summed E-state index contributed by atoms with van der Waals surface area (Å²) in [7, 11) is 0. The number of aromatic nitrogens is 3. The molecule has 1 radical (unpaired) electrons. The van der Waals surface area contributed by atoms with Gasteiger partial charge >= 0.3 is 0 Å². The second-order valence-corrected chi connectivity index (χ2v) is 12.6. The fraction of sp³-hybridized carbons (Fsp3) is 0.136. The molecule has 0 saturated carbocycles. The van der Waals surface area contributed by atoms with Crippen LogP contribution in [0.5, 0.6) is 0 Å². The number of benzene rings is 5. The average Bonchev–Trinajstić information content (AvgIpc) is 3.85. The van der Waals surface area contributed by atoms with E-state index in [1.807, 2.05) is 61.7 Å². The van der Waals surface area contributed by atoms with Gasteiger partial charge in [0, 0.05) is 63.3 Å². The number of aryl methyl sites for hydroxylation is 2. The number of para-hydroxylation sites is 6. The first-order valence-corrected chi connectivity index (χ1v) is 17.4. The van der Waals surface area contributed by atoms with Gasteiger partial charge in [0.15, 0.2) is 0 Å². The minimum atomic E-state index is 0. The van der Waals surface area contributed by atoms with E-state index in [0.29, 0.717) is 0 Å². The number of hydrogen-bond donors (Lipinski definition) is 0. The first kappa shape index (κ1) is 34.9. The van der Waals surface area contributed by atoms with E-state index in [0.717, 1.165) is 65.6 Å². The zero-order valence-electron chi connectivity index (χ0n) is 29.1. The van der Waals surface area contributed by atoms with Crippen molar-refractivity contribution in [2.75, 3.05) is 32.7 Å². The van der Waals surface area contributed by atoms with Gasteiger partial charge in [-0.1, -0.05) is 24.3 Å². The SMILES string of the molecule is Cc1nc2c(-c3[c-]cccc3)nccn2c1C.[Co].[c-]1ccccc1N1[CH-]N(CCCCN2[CH-]N(c3[c-]cccc3)c3ccccc32)c2ccccc21. The van der Waals surface area contributed by atoms with E-state index < -0.39 is 0 Å². The number of anilines is 6. The summed E-state index contributed by atoms with van der Waals surface area (Å²) in [5.74, 6) is 0. The molecular weight excluding hydrogens is 685 g/mol. The van der Waals surface area contributed by atoms with E-state index >= 15 is 0 Å². The Morgan fingerprint density at radius 3 is 1.60 bits per heavy atom. The number of imidazole rings is 1. The minimum Gasteiger partial charge on any atom is -0.501 e. The molecule has 263 valence electrons. The molecule has 9 rings (SSSR count). The van der Waals surface area contributed by atoms with Gasteiger partial charge in [-0.05, 0) is 64.0 Å².